The first-order chi connectivity index (χ1) is 12.0. The first-order valence-electron chi connectivity index (χ1n) is 9.13. The van der Waals surface area contributed by atoms with E-state index in [2.05, 4.69) is 60.8 Å². The molecule has 1 aliphatic rings. The summed E-state index contributed by atoms with van der Waals surface area (Å²) in [6.45, 7) is 3.02. The summed E-state index contributed by atoms with van der Waals surface area (Å²) in [6, 6.07) is 17.2. The fraction of sp³-hybridized carbons (Fsp3) is 0.409. The number of aryl methyl sites for hydroxylation is 1. The summed E-state index contributed by atoms with van der Waals surface area (Å²) in [4.78, 5) is 14.5. The molecule has 1 aliphatic heterocycles. The van der Waals surface area contributed by atoms with Crippen molar-refractivity contribution in [3.05, 3.63) is 59.7 Å². The van der Waals surface area contributed by atoms with Crippen LogP contribution < -0.4 is 5.32 Å². The van der Waals surface area contributed by atoms with Crippen LogP contribution in [-0.4, -0.2) is 37.0 Å². The second-order valence-electron chi connectivity index (χ2n) is 7.41. The van der Waals surface area contributed by atoms with Crippen molar-refractivity contribution < 1.29 is 4.79 Å². The van der Waals surface area contributed by atoms with Crippen LogP contribution in [0, 0.1) is 6.92 Å². The standard InChI is InChI=1S/C22H28N2O/c1-17-6-10-19(11-7-17)20-12-8-18(9-13-20)16-22(21(25)24(2)3)14-4-5-15-23-22/h6-13,23H,4-5,14-16H2,1-3H3. The average Bonchev–Trinajstić information content (AvgIpc) is 2.63. The lowest BCUT2D eigenvalue weighted by atomic mass is 9.81. The summed E-state index contributed by atoms with van der Waals surface area (Å²) in [5, 5.41) is 3.52. The smallest absolute Gasteiger partial charge is 0.242 e. The largest absolute Gasteiger partial charge is 0.347 e. The molecular weight excluding hydrogens is 308 g/mol. The molecule has 3 heteroatoms. The topological polar surface area (TPSA) is 32.3 Å². The molecule has 1 fully saturated rings. The van der Waals surface area contributed by atoms with Crippen LogP contribution in [0.1, 0.15) is 30.4 Å². The number of nitrogens with zero attached hydrogens (tertiary/aromatic N) is 1. The van der Waals surface area contributed by atoms with Crippen molar-refractivity contribution in [1.29, 1.82) is 0 Å². The van der Waals surface area contributed by atoms with Crippen molar-refractivity contribution in [2.75, 3.05) is 20.6 Å². The second kappa shape index (κ2) is 7.40. The molecule has 3 nitrogen and oxygen atoms in total. The van der Waals surface area contributed by atoms with E-state index in [4.69, 9.17) is 0 Å². The van der Waals surface area contributed by atoms with Crippen LogP contribution in [0.4, 0.5) is 0 Å². The van der Waals surface area contributed by atoms with Gasteiger partial charge in [0, 0.05) is 14.1 Å². The lowest BCUT2D eigenvalue weighted by Crippen LogP contribution is -2.60. The quantitative estimate of drug-likeness (QED) is 0.921. The van der Waals surface area contributed by atoms with Gasteiger partial charge < -0.3 is 10.2 Å². The summed E-state index contributed by atoms with van der Waals surface area (Å²) in [7, 11) is 3.70. The van der Waals surface area contributed by atoms with Gasteiger partial charge in [-0.05, 0) is 55.8 Å². The maximum atomic E-state index is 12.8. The van der Waals surface area contributed by atoms with Gasteiger partial charge in [-0.1, -0.05) is 54.1 Å². The lowest BCUT2D eigenvalue weighted by molar-refractivity contribution is -0.136. The van der Waals surface area contributed by atoms with Gasteiger partial charge in [-0.3, -0.25) is 4.79 Å². The van der Waals surface area contributed by atoms with Crippen molar-refractivity contribution in [1.82, 2.24) is 10.2 Å². The Morgan fingerprint density at radius 3 is 2.12 bits per heavy atom. The number of benzene rings is 2. The monoisotopic (exact) mass is 336 g/mol. The van der Waals surface area contributed by atoms with Crippen LogP contribution in [0.15, 0.2) is 48.5 Å². The molecule has 25 heavy (non-hydrogen) atoms. The van der Waals surface area contributed by atoms with Gasteiger partial charge >= 0.3 is 0 Å². The predicted molar refractivity (Wildman–Crippen MR) is 104 cm³/mol. The highest BCUT2D eigenvalue weighted by molar-refractivity contribution is 5.86. The fourth-order valence-electron chi connectivity index (χ4n) is 3.71. The summed E-state index contributed by atoms with van der Waals surface area (Å²) >= 11 is 0. The van der Waals surface area contributed by atoms with E-state index in [1.165, 1.54) is 22.3 Å². The third-order valence-corrected chi connectivity index (χ3v) is 5.15. The summed E-state index contributed by atoms with van der Waals surface area (Å²) < 4.78 is 0. The maximum Gasteiger partial charge on any atom is 0.242 e. The zero-order chi connectivity index (χ0) is 17.9. The second-order valence-corrected chi connectivity index (χ2v) is 7.41. The molecule has 2 aromatic carbocycles. The Hall–Kier alpha value is -2.13. The molecule has 1 unspecified atom stereocenters. The van der Waals surface area contributed by atoms with Crippen molar-refractivity contribution in [3.8, 4) is 11.1 Å². The molecule has 0 saturated carbocycles. The molecule has 0 aliphatic carbocycles. The molecule has 132 valence electrons. The molecule has 1 heterocycles. The fourth-order valence-corrected chi connectivity index (χ4v) is 3.71. The van der Waals surface area contributed by atoms with Gasteiger partial charge in [0.1, 0.15) is 5.54 Å². The number of hydrogen-bond donors (Lipinski definition) is 1. The van der Waals surface area contributed by atoms with Gasteiger partial charge in [0.25, 0.3) is 0 Å². The van der Waals surface area contributed by atoms with Crippen molar-refractivity contribution in [2.24, 2.45) is 0 Å². The summed E-state index contributed by atoms with van der Waals surface area (Å²) in [6.07, 6.45) is 3.91. The average molecular weight is 336 g/mol. The highest BCUT2D eigenvalue weighted by Gasteiger charge is 2.40. The molecule has 1 saturated heterocycles. The number of piperidine rings is 1. The Kier molecular flexibility index (Phi) is 5.24. The van der Waals surface area contributed by atoms with Crippen molar-refractivity contribution in [2.45, 2.75) is 38.1 Å². The van der Waals surface area contributed by atoms with Gasteiger partial charge in [0.05, 0.1) is 0 Å². The van der Waals surface area contributed by atoms with Crippen LogP contribution in [0.2, 0.25) is 0 Å². The van der Waals surface area contributed by atoms with Gasteiger partial charge in [-0.2, -0.15) is 0 Å². The minimum atomic E-state index is -0.451. The highest BCUT2D eigenvalue weighted by Crippen LogP contribution is 2.27. The molecular formula is C22H28N2O. The zero-order valence-corrected chi connectivity index (χ0v) is 15.5. The van der Waals surface area contributed by atoms with Crippen molar-refractivity contribution in [3.63, 3.8) is 0 Å². The number of amides is 1. The Bertz CT molecular complexity index is 711. The maximum absolute atomic E-state index is 12.8. The minimum Gasteiger partial charge on any atom is -0.347 e. The Morgan fingerprint density at radius 1 is 1.00 bits per heavy atom. The third kappa shape index (κ3) is 3.93. The van der Waals surface area contributed by atoms with Gasteiger partial charge in [-0.15, -0.1) is 0 Å². The third-order valence-electron chi connectivity index (χ3n) is 5.15. The molecule has 0 spiro atoms. The molecule has 1 atom stereocenters. The Balaban J connectivity index is 1.81. The number of rotatable bonds is 4. The molecule has 2 aromatic rings. The molecule has 0 bridgehead atoms. The van der Waals surface area contributed by atoms with E-state index < -0.39 is 5.54 Å². The van der Waals surface area contributed by atoms with E-state index in [0.29, 0.717) is 0 Å². The van der Waals surface area contributed by atoms with E-state index in [9.17, 15) is 4.79 Å². The van der Waals surface area contributed by atoms with Gasteiger partial charge in [-0.25, -0.2) is 0 Å². The Labute approximate surface area is 151 Å². The number of nitrogens with one attached hydrogen (secondary N) is 1. The first-order valence-corrected chi connectivity index (χ1v) is 9.13. The SMILES string of the molecule is Cc1ccc(-c2ccc(CC3(C(=O)N(C)C)CCCCN3)cc2)cc1. The van der Waals surface area contributed by atoms with E-state index in [1.54, 1.807) is 4.90 Å². The highest BCUT2D eigenvalue weighted by atomic mass is 16.2. The van der Waals surface area contributed by atoms with Crippen molar-refractivity contribution >= 4 is 5.91 Å². The van der Waals surface area contributed by atoms with Gasteiger partial charge in [0.2, 0.25) is 5.91 Å². The van der Waals surface area contributed by atoms with Crippen LogP contribution in [0.3, 0.4) is 0 Å². The van der Waals surface area contributed by atoms with Crippen LogP contribution in [0.5, 0.6) is 0 Å². The summed E-state index contributed by atoms with van der Waals surface area (Å²) in [5.41, 5.74) is 4.47. The zero-order valence-electron chi connectivity index (χ0n) is 15.5. The molecule has 1 N–H and O–H groups in total. The number of likely N-dealkylation sites (N-methyl/N-ethyl adjacent to an activating group) is 1. The minimum absolute atomic E-state index is 0.190. The van der Waals surface area contributed by atoms with E-state index in [1.807, 2.05) is 14.1 Å². The van der Waals surface area contributed by atoms with E-state index >= 15 is 0 Å². The molecule has 1 amide bonds. The van der Waals surface area contributed by atoms with Crippen LogP contribution >= 0.6 is 0 Å². The molecule has 0 radical (unpaired) electrons. The van der Waals surface area contributed by atoms with E-state index in [-0.39, 0.29) is 5.91 Å². The van der Waals surface area contributed by atoms with Crippen LogP contribution in [0.25, 0.3) is 11.1 Å². The molecule has 0 aromatic heterocycles. The Morgan fingerprint density at radius 2 is 1.60 bits per heavy atom. The predicted octanol–water partition coefficient (Wildman–Crippen LogP) is 3.81. The summed E-state index contributed by atoms with van der Waals surface area (Å²) in [5.74, 6) is 0.190. The lowest BCUT2D eigenvalue weighted by Gasteiger charge is -2.39. The first kappa shape index (κ1) is 17.7. The number of carbonyl (C=O) groups is 1. The van der Waals surface area contributed by atoms with E-state index in [0.717, 1.165) is 32.2 Å². The normalized spacial score (nSPS) is 20.3. The number of hydrogen-bond acceptors (Lipinski definition) is 2. The number of carbonyl (C=O) groups excluding carboxylic acids is 1. The molecule has 3 rings (SSSR count). The van der Waals surface area contributed by atoms with Crippen LogP contribution in [-0.2, 0) is 11.2 Å². The van der Waals surface area contributed by atoms with Gasteiger partial charge in [0.15, 0.2) is 0 Å².